The van der Waals surface area contributed by atoms with E-state index in [1.807, 2.05) is 12.1 Å². The Kier molecular flexibility index (Phi) is 13.0. The Balaban J connectivity index is 0.000000577. The van der Waals surface area contributed by atoms with Crippen molar-refractivity contribution in [3.63, 3.8) is 0 Å². The van der Waals surface area contributed by atoms with Gasteiger partial charge in [-0.2, -0.15) is 0 Å². The van der Waals surface area contributed by atoms with Gasteiger partial charge in [-0.3, -0.25) is 4.79 Å². The topological polar surface area (TPSA) is 63.6 Å². The van der Waals surface area contributed by atoms with Crippen molar-refractivity contribution in [3.05, 3.63) is 48.3 Å². The molecule has 0 atom stereocenters. The van der Waals surface area contributed by atoms with Crippen molar-refractivity contribution in [2.24, 2.45) is 0 Å². The van der Waals surface area contributed by atoms with Crippen LogP contribution in [0.25, 0.3) is 0 Å². The van der Waals surface area contributed by atoms with Crippen molar-refractivity contribution in [1.29, 1.82) is 0 Å². The average molecular weight is 363 g/mol. The van der Waals surface area contributed by atoms with E-state index in [9.17, 15) is 4.79 Å². The Labute approximate surface area is 157 Å². The van der Waals surface area contributed by atoms with E-state index < -0.39 is 5.97 Å². The number of carboxylic acids is 1. The normalized spacial score (nSPS) is 10.3. The molecule has 0 amide bonds. The maximum atomic E-state index is 10.4. The van der Waals surface area contributed by atoms with E-state index in [0.717, 1.165) is 56.5 Å². The molecule has 2 rings (SSSR count). The molecule has 0 fully saturated rings. The van der Waals surface area contributed by atoms with E-state index in [2.05, 4.69) is 23.5 Å². The molecule has 0 aliphatic rings. The summed E-state index contributed by atoms with van der Waals surface area (Å²) in [6, 6.07) is 7.90. The van der Waals surface area contributed by atoms with E-state index in [1.165, 1.54) is 25.7 Å². The van der Waals surface area contributed by atoms with Crippen LogP contribution in [0.5, 0.6) is 0 Å². The number of carbonyl (C=O) groups is 1. The minimum absolute atomic E-state index is 0.305. The fourth-order valence-electron chi connectivity index (χ4n) is 2.75. The molecule has 26 heavy (non-hydrogen) atoms. The SMILES string of the molecule is CCCCCCc1ccc(CCCCCCCC(=O)O)o1.c1ccoc1. The Morgan fingerprint density at radius 3 is 1.88 bits per heavy atom. The summed E-state index contributed by atoms with van der Waals surface area (Å²) < 4.78 is 10.4. The van der Waals surface area contributed by atoms with Crippen LogP contribution in [0.2, 0.25) is 0 Å². The molecule has 4 nitrogen and oxygen atoms in total. The number of hydrogen-bond donors (Lipinski definition) is 1. The summed E-state index contributed by atoms with van der Waals surface area (Å²) in [5, 5.41) is 8.55. The number of furan rings is 2. The van der Waals surface area contributed by atoms with Crippen LogP contribution in [0.15, 0.2) is 45.6 Å². The third kappa shape index (κ3) is 12.4. The van der Waals surface area contributed by atoms with Crippen molar-refractivity contribution in [2.45, 2.75) is 84.0 Å². The highest BCUT2D eigenvalue weighted by atomic mass is 16.4. The molecule has 0 aromatic carbocycles. The van der Waals surface area contributed by atoms with Crippen LogP contribution in [0.1, 0.15) is 82.7 Å². The van der Waals surface area contributed by atoms with Gasteiger partial charge in [-0.05, 0) is 43.5 Å². The Morgan fingerprint density at radius 1 is 0.846 bits per heavy atom. The fraction of sp³-hybridized carbons (Fsp3) is 0.591. The maximum Gasteiger partial charge on any atom is 0.303 e. The zero-order chi connectivity index (χ0) is 18.9. The summed E-state index contributed by atoms with van der Waals surface area (Å²) in [6.45, 7) is 2.23. The zero-order valence-electron chi connectivity index (χ0n) is 16.1. The number of unbranched alkanes of at least 4 members (excludes halogenated alkanes) is 7. The highest BCUT2D eigenvalue weighted by Crippen LogP contribution is 2.15. The third-order valence-electron chi connectivity index (χ3n) is 4.23. The molecule has 0 bridgehead atoms. The van der Waals surface area contributed by atoms with Crippen LogP contribution < -0.4 is 0 Å². The lowest BCUT2D eigenvalue weighted by Gasteiger charge is -2.00. The van der Waals surface area contributed by atoms with Crippen molar-refractivity contribution in [3.8, 4) is 0 Å². The summed E-state index contributed by atoms with van der Waals surface area (Å²) in [5.74, 6) is 1.55. The number of aliphatic carboxylic acids is 1. The Hall–Kier alpha value is -1.97. The molecule has 1 N–H and O–H groups in total. The molecule has 0 aliphatic heterocycles. The van der Waals surface area contributed by atoms with Crippen molar-refractivity contribution in [2.75, 3.05) is 0 Å². The quantitative estimate of drug-likeness (QED) is 0.405. The first kappa shape index (κ1) is 22.1. The largest absolute Gasteiger partial charge is 0.481 e. The molecule has 2 heterocycles. The number of aryl methyl sites for hydroxylation is 2. The van der Waals surface area contributed by atoms with Gasteiger partial charge in [0, 0.05) is 19.3 Å². The van der Waals surface area contributed by atoms with Gasteiger partial charge in [0.05, 0.1) is 12.5 Å². The first-order valence-corrected chi connectivity index (χ1v) is 9.99. The smallest absolute Gasteiger partial charge is 0.303 e. The zero-order valence-corrected chi connectivity index (χ0v) is 16.1. The van der Waals surface area contributed by atoms with Gasteiger partial charge >= 0.3 is 5.97 Å². The van der Waals surface area contributed by atoms with Crippen molar-refractivity contribution < 1.29 is 18.7 Å². The molecule has 146 valence electrons. The van der Waals surface area contributed by atoms with Gasteiger partial charge in [0.25, 0.3) is 0 Å². The van der Waals surface area contributed by atoms with Crippen LogP contribution >= 0.6 is 0 Å². The Bertz CT molecular complexity index is 525. The van der Waals surface area contributed by atoms with E-state index >= 15 is 0 Å². The van der Waals surface area contributed by atoms with Crippen LogP contribution in [-0.2, 0) is 17.6 Å². The first-order chi connectivity index (χ1) is 12.7. The lowest BCUT2D eigenvalue weighted by atomic mass is 10.1. The second-order valence-corrected chi connectivity index (χ2v) is 6.63. The molecular weight excluding hydrogens is 328 g/mol. The van der Waals surface area contributed by atoms with Gasteiger partial charge < -0.3 is 13.9 Å². The standard InChI is InChI=1S/C18H30O3.C4H4O/c1-2-3-4-8-11-16-14-15-17(21-16)12-9-6-5-7-10-13-18(19)20;1-2-4-5-3-1/h14-15H,2-13H2,1H3,(H,19,20);1-4H. The molecule has 0 saturated carbocycles. The van der Waals surface area contributed by atoms with E-state index in [0.29, 0.717) is 6.42 Å². The van der Waals surface area contributed by atoms with Gasteiger partial charge in [0.1, 0.15) is 11.5 Å². The molecule has 0 spiro atoms. The summed E-state index contributed by atoms with van der Waals surface area (Å²) >= 11 is 0. The van der Waals surface area contributed by atoms with Crippen LogP contribution in [0, 0.1) is 0 Å². The van der Waals surface area contributed by atoms with Gasteiger partial charge in [0.15, 0.2) is 0 Å². The predicted octanol–water partition coefficient (Wildman–Crippen LogP) is 6.65. The molecule has 0 aliphatic carbocycles. The third-order valence-corrected chi connectivity index (χ3v) is 4.23. The minimum Gasteiger partial charge on any atom is -0.481 e. The summed E-state index contributed by atoms with van der Waals surface area (Å²) in [6.07, 6.45) is 16.0. The lowest BCUT2D eigenvalue weighted by molar-refractivity contribution is -0.137. The van der Waals surface area contributed by atoms with Crippen LogP contribution in [0.4, 0.5) is 0 Å². The van der Waals surface area contributed by atoms with E-state index in [1.54, 1.807) is 12.5 Å². The maximum absolute atomic E-state index is 10.4. The molecule has 0 radical (unpaired) electrons. The number of hydrogen-bond acceptors (Lipinski definition) is 3. The van der Waals surface area contributed by atoms with Gasteiger partial charge in [0.2, 0.25) is 0 Å². The molecule has 4 heteroatoms. The predicted molar refractivity (Wildman–Crippen MR) is 104 cm³/mol. The monoisotopic (exact) mass is 362 g/mol. The summed E-state index contributed by atoms with van der Waals surface area (Å²) in [4.78, 5) is 10.4. The second-order valence-electron chi connectivity index (χ2n) is 6.63. The highest BCUT2D eigenvalue weighted by Gasteiger charge is 2.02. The van der Waals surface area contributed by atoms with E-state index in [4.69, 9.17) is 9.52 Å². The lowest BCUT2D eigenvalue weighted by Crippen LogP contribution is -1.93. The second kappa shape index (κ2) is 15.3. The van der Waals surface area contributed by atoms with Gasteiger partial charge in [-0.1, -0.05) is 45.4 Å². The van der Waals surface area contributed by atoms with E-state index in [-0.39, 0.29) is 0 Å². The van der Waals surface area contributed by atoms with Crippen LogP contribution in [0.3, 0.4) is 0 Å². The highest BCUT2D eigenvalue weighted by molar-refractivity contribution is 5.66. The van der Waals surface area contributed by atoms with Crippen molar-refractivity contribution in [1.82, 2.24) is 0 Å². The van der Waals surface area contributed by atoms with Gasteiger partial charge in [-0.25, -0.2) is 0 Å². The Morgan fingerprint density at radius 2 is 1.38 bits per heavy atom. The van der Waals surface area contributed by atoms with Crippen LogP contribution in [-0.4, -0.2) is 11.1 Å². The number of carboxylic acid groups (broad SMARTS) is 1. The molecule has 0 saturated heterocycles. The number of rotatable bonds is 13. The molecule has 2 aromatic heterocycles. The fourth-order valence-corrected chi connectivity index (χ4v) is 2.75. The molecule has 2 aromatic rings. The minimum atomic E-state index is -0.683. The summed E-state index contributed by atoms with van der Waals surface area (Å²) in [7, 11) is 0. The van der Waals surface area contributed by atoms with Crippen molar-refractivity contribution >= 4 is 5.97 Å². The van der Waals surface area contributed by atoms with Gasteiger partial charge in [-0.15, -0.1) is 0 Å². The summed E-state index contributed by atoms with van der Waals surface area (Å²) in [5.41, 5.74) is 0. The molecular formula is C22H34O4. The first-order valence-electron chi connectivity index (χ1n) is 9.99. The average Bonchev–Trinajstić information content (AvgIpc) is 3.33. The molecule has 0 unspecified atom stereocenters.